The van der Waals surface area contributed by atoms with Gasteiger partial charge in [0.2, 0.25) is 5.91 Å². The van der Waals surface area contributed by atoms with Crippen LogP contribution in [0.3, 0.4) is 0 Å². The Morgan fingerprint density at radius 3 is 2.58 bits per heavy atom. The van der Waals surface area contributed by atoms with Crippen LogP contribution >= 0.6 is 12.4 Å². The molecule has 1 amide bonds. The number of likely N-dealkylation sites (tertiary alicyclic amines) is 1. The largest absolute Gasteiger partial charge is 0.374 e. The van der Waals surface area contributed by atoms with E-state index in [-0.39, 0.29) is 35.9 Å². The van der Waals surface area contributed by atoms with Crippen LogP contribution in [0.5, 0.6) is 0 Å². The van der Waals surface area contributed by atoms with Gasteiger partial charge in [-0.15, -0.1) is 12.4 Å². The van der Waals surface area contributed by atoms with E-state index in [2.05, 4.69) is 13.8 Å². The minimum absolute atomic E-state index is 0. The number of nitrogens with zero attached hydrogens (tertiary/aromatic N) is 1. The lowest BCUT2D eigenvalue weighted by atomic mass is 9.78. The highest BCUT2D eigenvalue weighted by atomic mass is 35.5. The number of ether oxygens (including phenoxy) is 1. The number of carbonyl (C=O) groups is 1. The first kappa shape index (κ1) is 15.1. The standard InChI is InChI=1S/C14H24N2O2.ClH/c1-14(2)8-16(6-5-12(14)15)13(17)10-7-9-3-4-11(10)18-9;/h9-12H,3-8,15H2,1-2H3;1H. The minimum Gasteiger partial charge on any atom is -0.374 e. The predicted octanol–water partition coefficient (Wildman–Crippen LogP) is 1.56. The number of piperidine rings is 1. The second kappa shape index (κ2) is 5.23. The van der Waals surface area contributed by atoms with Crippen molar-refractivity contribution in [3.8, 4) is 0 Å². The molecule has 3 saturated heterocycles. The van der Waals surface area contributed by atoms with E-state index in [0.29, 0.717) is 12.0 Å². The number of halogens is 1. The van der Waals surface area contributed by atoms with Gasteiger partial charge in [-0.05, 0) is 31.1 Å². The van der Waals surface area contributed by atoms with Crippen LogP contribution in [0, 0.1) is 11.3 Å². The molecule has 0 aromatic rings. The molecule has 19 heavy (non-hydrogen) atoms. The summed E-state index contributed by atoms with van der Waals surface area (Å²) < 4.78 is 5.80. The number of hydrogen-bond donors (Lipinski definition) is 1. The molecule has 110 valence electrons. The average Bonchev–Trinajstić information content (AvgIpc) is 2.93. The third-order valence-corrected chi connectivity index (χ3v) is 5.05. The molecule has 3 heterocycles. The van der Waals surface area contributed by atoms with Crippen LogP contribution in [0.1, 0.15) is 39.5 Å². The summed E-state index contributed by atoms with van der Waals surface area (Å²) in [6.07, 6.45) is 4.61. The van der Waals surface area contributed by atoms with Crippen molar-refractivity contribution in [2.24, 2.45) is 17.1 Å². The van der Waals surface area contributed by atoms with Gasteiger partial charge in [0.15, 0.2) is 0 Å². The molecule has 4 nitrogen and oxygen atoms in total. The Kier molecular flexibility index (Phi) is 4.15. The highest BCUT2D eigenvalue weighted by Crippen LogP contribution is 2.40. The van der Waals surface area contributed by atoms with Crippen molar-refractivity contribution >= 4 is 18.3 Å². The van der Waals surface area contributed by atoms with Crippen molar-refractivity contribution in [2.75, 3.05) is 13.1 Å². The van der Waals surface area contributed by atoms with Gasteiger partial charge < -0.3 is 15.4 Å². The van der Waals surface area contributed by atoms with E-state index in [9.17, 15) is 4.79 Å². The average molecular weight is 289 g/mol. The summed E-state index contributed by atoms with van der Waals surface area (Å²) in [7, 11) is 0. The molecule has 3 rings (SSSR count). The maximum Gasteiger partial charge on any atom is 0.228 e. The number of fused-ring (bicyclic) bond motifs is 2. The Labute approximate surface area is 121 Å². The van der Waals surface area contributed by atoms with Crippen LogP contribution in [-0.4, -0.2) is 42.1 Å². The van der Waals surface area contributed by atoms with Gasteiger partial charge in [-0.3, -0.25) is 4.79 Å². The fraction of sp³-hybridized carbons (Fsp3) is 0.929. The van der Waals surface area contributed by atoms with E-state index in [1.165, 1.54) is 0 Å². The summed E-state index contributed by atoms with van der Waals surface area (Å²) in [6.45, 7) is 5.93. The molecule has 0 aromatic heterocycles. The molecule has 2 bridgehead atoms. The molecule has 3 fully saturated rings. The lowest BCUT2D eigenvalue weighted by Crippen LogP contribution is -2.55. The molecule has 2 N–H and O–H groups in total. The van der Waals surface area contributed by atoms with Crippen molar-refractivity contribution in [3.63, 3.8) is 0 Å². The number of hydrogen-bond acceptors (Lipinski definition) is 3. The molecular weight excluding hydrogens is 264 g/mol. The summed E-state index contributed by atoms with van der Waals surface area (Å²) in [5, 5.41) is 0. The smallest absolute Gasteiger partial charge is 0.228 e. The van der Waals surface area contributed by atoms with Gasteiger partial charge in [0.25, 0.3) is 0 Å². The van der Waals surface area contributed by atoms with Crippen LogP contribution in [0.25, 0.3) is 0 Å². The van der Waals surface area contributed by atoms with Crippen molar-refractivity contribution in [2.45, 2.75) is 57.8 Å². The number of carbonyl (C=O) groups excluding carboxylic acids is 1. The Bertz CT molecular complexity index is 361. The first-order valence-corrected chi connectivity index (χ1v) is 7.17. The Morgan fingerprint density at radius 1 is 1.32 bits per heavy atom. The Hall–Kier alpha value is -0.320. The Balaban J connectivity index is 0.00000133. The van der Waals surface area contributed by atoms with Crippen molar-refractivity contribution in [3.05, 3.63) is 0 Å². The summed E-state index contributed by atoms with van der Waals surface area (Å²) >= 11 is 0. The van der Waals surface area contributed by atoms with Crippen LogP contribution in [0.4, 0.5) is 0 Å². The van der Waals surface area contributed by atoms with Gasteiger partial charge >= 0.3 is 0 Å². The zero-order valence-electron chi connectivity index (χ0n) is 11.8. The number of amides is 1. The maximum absolute atomic E-state index is 12.6. The summed E-state index contributed by atoms with van der Waals surface area (Å²) in [5.74, 6) is 0.427. The van der Waals surface area contributed by atoms with Gasteiger partial charge in [0.05, 0.1) is 18.1 Å². The van der Waals surface area contributed by atoms with E-state index >= 15 is 0 Å². The fourth-order valence-corrected chi connectivity index (χ4v) is 3.69. The van der Waals surface area contributed by atoms with E-state index < -0.39 is 0 Å². The highest BCUT2D eigenvalue weighted by molar-refractivity contribution is 5.85. The van der Waals surface area contributed by atoms with Crippen LogP contribution in [0.2, 0.25) is 0 Å². The summed E-state index contributed by atoms with van der Waals surface area (Å²) in [4.78, 5) is 14.6. The van der Waals surface area contributed by atoms with E-state index in [1.54, 1.807) is 0 Å². The lowest BCUT2D eigenvalue weighted by Gasteiger charge is -2.43. The molecule has 4 unspecified atom stereocenters. The van der Waals surface area contributed by atoms with Crippen molar-refractivity contribution in [1.29, 1.82) is 0 Å². The molecule has 0 saturated carbocycles. The molecule has 4 atom stereocenters. The van der Waals surface area contributed by atoms with E-state index in [0.717, 1.165) is 38.8 Å². The zero-order valence-corrected chi connectivity index (χ0v) is 12.6. The summed E-state index contributed by atoms with van der Waals surface area (Å²) in [6, 6.07) is 0.206. The van der Waals surface area contributed by atoms with Crippen molar-refractivity contribution in [1.82, 2.24) is 4.90 Å². The van der Waals surface area contributed by atoms with Crippen molar-refractivity contribution < 1.29 is 9.53 Å². The fourth-order valence-electron chi connectivity index (χ4n) is 3.69. The van der Waals surface area contributed by atoms with Gasteiger partial charge in [-0.1, -0.05) is 13.8 Å². The second-order valence-electron chi connectivity index (χ2n) is 6.86. The first-order chi connectivity index (χ1) is 8.47. The molecule has 3 aliphatic rings. The second-order valence-corrected chi connectivity index (χ2v) is 6.86. The lowest BCUT2D eigenvalue weighted by molar-refractivity contribution is -0.140. The SMILES string of the molecule is CC1(C)CN(C(=O)C2CC3CCC2O3)CCC1N.Cl. The topological polar surface area (TPSA) is 55.6 Å². The molecule has 0 aromatic carbocycles. The van der Waals surface area contributed by atoms with Crippen LogP contribution in [-0.2, 0) is 9.53 Å². The molecule has 5 heteroatoms. The first-order valence-electron chi connectivity index (χ1n) is 7.17. The normalized spacial score (nSPS) is 40.1. The monoisotopic (exact) mass is 288 g/mol. The molecule has 3 aliphatic heterocycles. The highest BCUT2D eigenvalue weighted by Gasteiger charge is 2.47. The number of nitrogens with two attached hydrogens (primary N) is 1. The van der Waals surface area contributed by atoms with Gasteiger partial charge in [-0.25, -0.2) is 0 Å². The van der Waals surface area contributed by atoms with Gasteiger partial charge in [-0.2, -0.15) is 0 Å². The number of rotatable bonds is 1. The predicted molar refractivity (Wildman–Crippen MR) is 76.2 cm³/mol. The quantitative estimate of drug-likeness (QED) is 0.797. The molecule has 0 spiro atoms. The summed E-state index contributed by atoms with van der Waals surface area (Å²) in [5.41, 5.74) is 6.16. The minimum atomic E-state index is 0. The van der Waals surface area contributed by atoms with E-state index in [1.807, 2.05) is 4.90 Å². The van der Waals surface area contributed by atoms with Crippen LogP contribution in [0.15, 0.2) is 0 Å². The van der Waals surface area contributed by atoms with E-state index in [4.69, 9.17) is 10.5 Å². The maximum atomic E-state index is 12.6. The Morgan fingerprint density at radius 2 is 2.05 bits per heavy atom. The van der Waals surface area contributed by atoms with Crippen LogP contribution < -0.4 is 5.73 Å². The third kappa shape index (κ3) is 2.63. The third-order valence-electron chi connectivity index (χ3n) is 5.05. The zero-order chi connectivity index (χ0) is 12.9. The molecular formula is C14H25ClN2O2. The molecule has 0 aliphatic carbocycles. The molecule has 0 radical (unpaired) electrons. The van der Waals surface area contributed by atoms with Gasteiger partial charge in [0.1, 0.15) is 0 Å². The van der Waals surface area contributed by atoms with Gasteiger partial charge in [0, 0.05) is 19.1 Å².